The van der Waals surface area contributed by atoms with E-state index in [0.717, 1.165) is 64.5 Å². The largest absolute Gasteiger partial charge is 0.339 e. The molecular weight excluding hydrogens is 651 g/mol. The van der Waals surface area contributed by atoms with Gasteiger partial charge in [-0.05, 0) is 102 Å². The summed E-state index contributed by atoms with van der Waals surface area (Å²) in [4.78, 5) is 28.7. The fourth-order valence-electron chi connectivity index (χ4n) is 4.41. The lowest BCUT2D eigenvalue weighted by molar-refractivity contribution is -0.132. The van der Waals surface area contributed by atoms with Crippen LogP contribution in [0.5, 0.6) is 0 Å². The van der Waals surface area contributed by atoms with Gasteiger partial charge in [0.15, 0.2) is 0 Å². The van der Waals surface area contributed by atoms with Crippen molar-refractivity contribution in [1.29, 1.82) is 0 Å². The third kappa shape index (κ3) is 16.4. The van der Waals surface area contributed by atoms with Crippen LogP contribution >= 0.6 is 34.2 Å². The van der Waals surface area contributed by atoms with Crippen LogP contribution in [0.2, 0.25) is 0 Å². The van der Waals surface area contributed by atoms with Gasteiger partial charge >= 0.3 is 0 Å². The second kappa shape index (κ2) is 23.2. The van der Waals surface area contributed by atoms with Gasteiger partial charge in [-0.25, -0.2) is 0 Å². The molecule has 0 aromatic rings. The molecule has 2 saturated heterocycles. The third-order valence-electron chi connectivity index (χ3n) is 6.75. The number of carbonyl (C=O) groups excluding carboxylic acids is 2. The lowest BCUT2D eigenvalue weighted by atomic mass is 10.0. The van der Waals surface area contributed by atoms with Crippen LogP contribution in [0, 0.1) is 0 Å². The molecule has 0 aliphatic carbocycles. The van der Waals surface area contributed by atoms with E-state index < -0.39 is 11.4 Å². The van der Waals surface area contributed by atoms with E-state index in [2.05, 4.69) is 13.8 Å². The van der Waals surface area contributed by atoms with Gasteiger partial charge < -0.3 is 27.9 Å². The van der Waals surface area contributed by atoms with Crippen molar-refractivity contribution in [2.75, 3.05) is 51.0 Å². The molecule has 0 aromatic heterocycles. The highest BCUT2D eigenvalue weighted by Crippen LogP contribution is 2.62. The van der Waals surface area contributed by atoms with Gasteiger partial charge in [-0.15, -0.1) is 0 Å². The maximum atomic E-state index is 12.4. The molecule has 248 valence electrons. The number of piperidine rings is 2. The molecule has 0 radical (unpaired) electrons. The maximum absolute atomic E-state index is 12.4. The van der Waals surface area contributed by atoms with E-state index in [1.807, 2.05) is 37.5 Å². The highest BCUT2D eigenvalue weighted by molar-refractivity contribution is 8.68. The van der Waals surface area contributed by atoms with Gasteiger partial charge in [-0.3, -0.25) is 9.59 Å². The van der Waals surface area contributed by atoms with Crippen LogP contribution < -0.4 is 0 Å². The Bertz CT molecular complexity index is 780. The van der Waals surface area contributed by atoms with Crippen molar-refractivity contribution >= 4 is 69.6 Å². The predicted molar refractivity (Wildman–Crippen MR) is 189 cm³/mol. The third-order valence-corrected chi connectivity index (χ3v) is 17.2. The molecule has 14 heteroatoms. The van der Waals surface area contributed by atoms with Crippen molar-refractivity contribution < 1.29 is 27.7 Å². The Morgan fingerprint density at radius 1 is 0.643 bits per heavy atom. The van der Waals surface area contributed by atoms with Crippen molar-refractivity contribution in [2.24, 2.45) is 0 Å². The van der Waals surface area contributed by atoms with Gasteiger partial charge in [0.05, 0.1) is 37.9 Å². The van der Waals surface area contributed by atoms with Gasteiger partial charge in [-0.1, -0.05) is 50.5 Å². The number of hydrogen-bond acceptors (Lipinski definition) is 10. The fraction of sp³-hybridized carbons (Fsp3) is 0.929. The molecule has 0 N–H and O–H groups in total. The smallest absolute Gasteiger partial charge is 0.247 e. The number of nitrogens with zero attached hydrogens (tertiary/aromatic N) is 2. The van der Waals surface area contributed by atoms with Crippen molar-refractivity contribution in [1.82, 2.24) is 9.80 Å². The van der Waals surface area contributed by atoms with Crippen LogP contribution in [0.1, 0.15) is 106 Å². The Hall–Kier alpha value is 0.780. The first-order chi connectivity index (χ1) is 20.0. The summed E-state index contributed by atoms with van der Waals surface area (Å²) in [7, 11) is 0. The molecule has 2 aliphatic rings. The maximum Gasteiger partial charge on any atom is 0.247 e. The molecule has 42 heavy (non-hydrogen) atoms. The average Bonchev–Trinajstić information content (AvgIpc) is 2.99. The summed E-state index contributed by atoms with van der Waals surface area (Å²) < 4.78 is 23.0. The van der Waals surface area contributed by atoms with Gasteiger partial charge in [0.2, 0.25) is 23.2 Å². The van der Waals surface area contributed by atoms with Crippen LogP contribution in [0.15, 0.2) is 0 Å². The van der Waals surface area contributed by atoms with E-state index in [-0.39, 0.29) is 11.8 Å². The molecule has 2 unspecified atom stereocenters. The Morgan fingerprint density at radius 3 is 1.21 bits per heavy atom. The molecular formula is C28H56N2O6P2S4. The van der Waals surface area contributed by atoms with E-state index in [1.165, 1.54) is 35.6 Å². The number of hydrogen-bond donors (Lipinski definition) is 0. The molecule has 2 rings (SSSR count). The zero-order valence-corrected chi connectivity index (χ0v) is 31.8. The predicted octanol–water partition coefficient (Wildman–Crippen LogP) is 8.40. The van der Waals surface area contributed by atoms with Gasteiger partial charge in [0.1, 0.15) is 0 Å². The van der Waals surface area contributed by atoms with Crippen molar-refractivity contribution in [3.8, 4) is 0 Å². The standard InChI is InChI=1S/2C14H28NO3PS2/c2*1-4-10-17-19(20,18-11-5-2)21-12-14(16)15-9-7-6-8-13(15)3/h2*13H,4-12H2,1-3H3. The van der Waals surface area contributed by atoms with Crippen LogP contribution in [0.3, 0.4) is 0 Å². The Kier molecular flexibility index (Phi) is 22.5. The molecule has 2 amide bonds. The molecule has 2 fully saturated rings. The van der Waals surface area contributed by atoms with E-state index in [9.17, 15) is 9.59 Å². The second-order valence-electron chi connectivity index (χ2n) is 10.6. The van der Waals surface area contributed by atoms with E-state index in [1.54, 1.807) is 0 Å². The monoisotopic (exact) mass is 706 g/mol. The SMILES string of the molecule is CCCOP(=S)(OCCC)SCC(=O)N1CCCCC1C.CCCOP(=S)(OCCC)SCC(=O)N1CCCCC1C. The molecule has 0 aromatic carbocycles. The Balaban J connectivity index is 0.000000420. The second-order valence-corrected chi connectivity index (χ2v) is 23.3. The Labute approximate surface area is 274 Å². The normalized spacial score (nSPS) is 19.8. The summed E-state index contributed by atoms with van der Waals surface area (Å²) >= 11 is 13.9. The van der Waals surface area contributed by atoms with Gasteiger partial charge in [0, 0.05) is 25.2 Å². The molecule has 8 nitrogen and oxygen atoms in total. The average molecular weight is 707 g/mol. The van der Waals surface area contributed by atoms with Gasteiger partial charge in [0.25, 0.3) is 0 Å². The van der Waals surface area contributed by atoms with E-state index >= 15 is 0 Å². The number of amides is 2. The highest BCUT2D eigenvalue weighted by atomic mass is 32.9. The summed E-state index contributed by atoms with van der Waals surface area (Å²) in [5, 5.41) is 0. The highest BCUT2D eigenvalue weighted by Gasteiger charge is 2.28. The first kappa shape index (κ1) is 40.8. The van der Waals surface area contributed by atoms with Crippen LogP contribution in [0.25, 0.3) is 0 Å². The summed E-state index contributed by atoms with van der Waals surface area (Å²) in [6, 6.07) is 0.690. The molecule has 0 bridgehead atoms. The minimum atomic E-state index is -2.37. The minimum absolute atomic E-state index is 0.168. The zero-order chi connectivity index (χ0) is 31.4. The number of carbonyl (C=O) groups is 2. The summed E-state index contributed by atoms with van der Waals surface area (Å²) in [5.74, 6) is 1.08. The Morgan fingerprint density at radius 2 is 0.952 bits per heavy atom. The fourth-order valence-corrected chi connectivity index (χ4v) is 12.6. The van der Waals surface area contributed by atoms with E-state index in [4.69, 9.17) is 41.7 Å². The lowest BCUT2D eigenvalue weighted by Gasteiger charge is -2.33. The summed E-state index contributed by atoms with van der Waals surface area (Å²) in [5.41, 5.74) is -4.75. The lowest BCUT2D eigenvalue weighted by Crippen LogP contribution is -2.42. The molecule has 0 spiro atoms. The summed E-state index contributed by atoms with van der Waals surface area (Å²) in [6.45, 7) is 16.6. The molecule has 2 aliphatic heterocycles. The van der Waals surface area contributed by atoms with Crippen LogP contribution in [0.4, 0.5) is 0 Å². The van der Waals surface area contributed by atoms with Crippen molar-refractivity contribution in [3.63, 3.8) is 0 Å². The molecule has 2 heterocycles. The van der Waals surface area contributed by atoms with Crippen LogP contribution in [-0.4, -0.2) is 84.7 Å². The van der Waals surface area contributed by atoms with Gasteiger partial charge in [-0.2, -0.15) is 0 Å². The minimum Gasteiger partial charge on any atom is -0.339 e. The van der Waals surface area contributed by atoms with Crippen molar-refractivity contribution in [3.05, 3.63) is 0 Å². The topological polar surface area (TPSA) is 77.5 Å². The molecule has 2 atom stereocenters. The summed E-state index contributed by atoms with van der Waals surface area (Å²) in [6.07, 6.45) is 10.5. The van der Waals surface area contributed by atoms with E-state index in [0.29, 0.717) is 50.0 Å². The quantitative estimate of drug-likeness (QED) is 0.130. The van der Waals surface area contributed by atoms with Crippen molar-refractivity contribution in [2.45, 2.75) is 118 Å². The van der Waals surface area contributed by atoms with Crippen LogP contribution in [-0.2, 0) is 51.3 Å². The first-order valence-electron chi connectivity index (χ1n) is 15.7. The zero-order valence-electron chi connectivity index (χ0n) is 26.8. The number of likely N-dealkylation sites (tertiary alicyclic amines) is 2. The number of rotatable bonds is 18. The molecule has 0 saturated carbocycles. The first-order valence-corrected chi connectivity index (χ1v) is 24.2.